The molecule has 0 saturated heterocycles. The molecule has 0 radical (unpaired) electrons. The summed E-state index contributed by atoms with van der Waals surface area (Å²) in [4.78, 5) is 4.72. The van der Waals surface area contributed by atoms with Gasteiger partial charge in [0.1, 0.15) is 24.2 Å². The Hall–Kier alpha value is -5.48. The zero-order valence-corrected chi connectivity index (χ0v) is 21.7. The summed E-state index contributed by atoms with van der Waals surface area (Å²) in [5.41, 5.74) is 6.39. The highest BCUT2D eigenvalue weighted by Crippen LogP contribution is 2.30. The van der Waals surface area contributed by atoms with Gasteiger partial charge in [0.05, 0.1) is 28.0 Å². The highest BCUT2D eigenvalue weighted by Gasteiger charge is 2.16. The van der Waals surface area contributed by atoms with Crippen molar-refractivity contribution in [3.8, 4) is 28.8 Å². The SMILES string of the molecule is Cn1c(C(C#N)=Cc2cn(-c3ccccc3)nc2-c2ccc(OCc3ccc(F)cc3)cc2)nc2ccccc21. The van der Waals surface area contributed by atoms with E-state index < -0.39 is 0 Å². The summed E-state index contributed by atoms with van der Waals surface area (Å²) in [6.45, 7) is 0.333. The summed E-state index contributed by atoms with van der Waals surface area (Å²) in [5, 5.41) is 15.0. The van der Waals surface area contributed by atoms with E-state index in [9.17, 15) is 9.65 Å². The number of aryl methyl sites for hydroxylation is 1. The molecule has 40 heavy (non-hydrogen) atoms. The lowest BCUT2D eigenvalue weighted by Crippen LogP contribution is -1.96. The Morgan fingerprint density at radius 3 is 2.38 bits per heavy atom. The molecule has 4 aromatic carbocycles. The zero-order chi connectivity index (χ0) is 27.5. The van der Waals surface area contributed by atoms with E-state index in [1.165, 1.54) is 12.1 Å². The lowest BCUT2D eigenvalue weighted by Gasteiger charge is -2.07. The quantitative estimate of drug-likeness (QED) is 0.207. The van der Waals surface area contributed by atoms with Gasteiger partial charge in [0.2, 0.25) is 0 Å². The van der Waals surface area contributed by atoms with Crippen molar-refractivity contribution in [1.82, 2.24) is 19.3 Å². The smallest absolute Gasteiger partial charge is 0.151 e. The van der Waals surface area contributed by atoms with Crippen LogP contribution in [0, 0.1) is 17.1 Å². The van der Waals surface area contributed by atoms with E-state index in [0.717, 1.165) is 39.1 Å². The van der Waals surface area contributed by atoms with Crippen molar-refractivity contribution < 1.29 is 9.13 Å². The average Bonchev–Trinajstić information content (AvgIpc) is 3.57. The van der Waals surface area contributed by atoms with Crippen LogP contribution in [0.3, 0.4) is 0 Å². The Kier molecular flexibility index (Phi) is 6.65. The van der Waals surface area contributed by atoms with Crippen LogP contribution >= 0.6 is 0 Å². The predicted molar refractivity (Wildman–Crippen MR) is 154 cm³/mol. The number of rotatable bonds is 7. The van der Waals surface area contributed by atoms with Crippen molar-refractivity contribution in [2.45, 2.75) is 6.61 Å². The van der Waals surface area contributed by atoms with E-state index in [2.05, 4.69) is 6.07 Å². The van der Waals surface area contributed by atoms with E-state index in [-0.39, 0.29) is 5.82 Å². The topological polar surface area (TPSA) is 68.7 Å². The van der Waals surface area contributed by atoms with Crippen molar-refractivity contribution >= 4 is 22.7 Å². The van der Waals surface area contributed by atoms with Gasteiger partial charge in [-0.3, -0.25) is 0 Å². The molecule has 0 aliphatic carbocycles. The van der Waals surface area contributed by atoms with Crippen LogP contribution in [-0.4, -0.2) is 19.3 Å². The minimum absolute atomic E-state index is 0.274. The van der Waals surface area contributed by atoms with Gasteiger partial charge in [-0.15, -0.1) is 0 Å². The first-order valence-corrected chi connectivity index (χ1v) is 12.8. The number of halogens is 1. The second kappa shape index (κ2) is 10.7. The molecule has 0 aliphatic heterocycles. The van der Waals surface area contributed by atoms with Gasteiger partial charge in [0.25, 0.3) is 0 Å². The van der Waals surface area contributed by atoms with Crippen LogP contribution in [0.2, 0.25) is 0 Å². The maximum Gasteiger partial charge on any atom is 0.151 e. The highest BCUT2D eigenvalue weighted by molar-refractivity contribution is 5.93. The highest BCUT2D eigenvalue weighted by atomic mass is 19.1. The second-order valence-corrected chi connectivity index (χ2v) is 9.31. The molecule has 0 amide bonds. The lowest BCUT2D eigenvalue weighted by molar-refractivity contribution is 0.306. The number of para-hydroxylation sites is 3. The van der Waals surface area contributed by atoms with Crippen LogP contribution in [0.4, 0.5) is 4.39 Å². The second-order valence-electron chi connectivity index (χ2n) is 9.31. The first kappa shape index (κ1) is 24.8. The van der Waals surface area contributed by atoms with E-state index in [1.54, 1.807) is 12.1 Å². The van der Waals surface area contributed by atoms with Crippen molar-refractivity contribution in [2.75, 3.05) is 0 Å². The summed E-state index contributed by atoms with van der Waals surface area (Å²) in [5.74, 6) is 1.00. The number of imidazole rings is 1. The maximum atomic E-state index is 13.2. The Morgan fingerprint density at radius 1 is 0.925 bits per heavy atom. The molecule has 0 spiro atoms. The van der Waals surface area contributed by atoms with Gasteiger partial charge in [0, 0.05) is 24.4 Å². The standard InChI is InChI=1S/C33H24FN5O/c1-38-31-10-6-5-9-30(31)36-33(38)25(20-35)19-26-21-39(28-7-3-2-4-8-28)37-32(26)24-13-17-29(18-14-24)40-22-23-11-15-27(34)16-12-23/h2-19,21H,22H2,1H3. The fourth-order valence-corrected chi connectivity index (χ4v) is 4.58. The molecule has 0 bridgehead atoms. The molecule has 7 heteroatoms. The number of hydrogen-bond donors (Lipinski definition) is 0. The van der Waals surface area contributed by atoms with Crippen LogP contribution in [0.15, 0.2) is 109 Å². The van der Waals surface area contributed by atoms with Crippen LogP contribution in [0.1, 0.15) is 17.0 Å². The third-order valence-electron chi connectivity index (χ3n) is 6.66. The van der Waals surface area contributed by atoms with Crippen LogP contribution in [0.5, 0.6) is 5.75 Å². The first-order chi connectivity index (χ1) is 19.6. The van der Waals surface area contributed by atoms with Crippen molar-refractivity contribution in [3.63, 3.8) is 0 Å². The fourth-order valence-electron chi connectivity index (χ4n) is 4.58. The molecule has 0 fully saturated rings. The molecule has 6 rings (SSSR count). The van der Waals surface area contributed by atoms with Crippen LogP contribution in [-0.2, 0) is 13.7 Å². The number of nitrogens with zero attached hydrogens (tertiary/aromatic N) is 5. The molecule has 2 heterocycles. The van der Waals surface area contributed by atoms with Gasteiger partial charge in [-0.1, -0.05) is 42.5 Å². The van der Waals surface area contributed by atoms with Gasteiger partial charge < -0.3 is 9.30 Å². The molecular weight excluding hydrogens is 501 g/mol. The molecular formula is C33H24FN5O. The van der Waals surface area contributed by atoms with Gasteiger partial charge >= 0.3 is 0 Å². The largest absolute Gasteiger partial charge is 0.489 e. The minimum Gasteiger partial charge on any atom is -0.489 e. The van der Waals surface area contributed by atoms with Gasteiger partial charge in [-0.05, 0) is 72.3 Å². The number of aromatic nitrogens is 4. The molecule has 194 valence electrons. The molecule has 6 nitrogen and oxygen atoms in total. The minimum atomic E-state index is -0.274. The van der Waals surface area contributed by atoms with Crippen LogP contribution < -0.4 is 4.74 Å². The Labute approximate surface area is 230 Å². The van der Waals surface area contributed by atoms with E-state index in [4.69, 9.17) is 14.8 Å². The molecule has 0 atom stereocenters. The Bertz CT molecular complexity index is 1860. The molecule has 2 aromatic heterocycles. The van der Waals surface area contributed by atoms with E-state index in [0.29, 0.717) is 23.8 Å². The van der Waals surface area contributed by atoms with Crippen molar-refractivity contribution in [1.29, 1.82) is 5.26 Å². The molecule has 0 N–H and O–H groups in total. The summed E-state index contributed by atoms with van der Waals surface area (Å²) < 4.78 is 22.8. The summed E-state index contributed by atoms with van der Waals surface area (Å²) in [7, 11) is 1.91. The fraction of sp³-hybridized carbons (Fsp3) is 0.0606. The number of hydrogen-bond acceptors (Lipinski definition) is 4. The zero-order valence-electron chi connectivity index (χ0n) is 21.7. The Balaban J connectivity index is 1.37. The maximum absolute atomic E-state index is 13.2. The van der Waals surface area contributed by atoms with Gasteiger partial charge in [0.15, 0.2) is 5.82 Å². The third-order valence-corrected chi connectivity index (χ3v) is 6.66. The number of nitriles is 1. The monoisotopic (exact) mass is 525 g/mol. The normalized spacial score (nSPS) is 11.5. The van der Waals surface area contributed by atoms with Crippen LogP contribution in [0.25, 0.3) is 39.6 Å². The third kappa shape index (κ3) is 4.98. The first-order valence-electron chi connectivity index (χ1n) is 12.8. The molecule has 0 unspecified atom stereocenters. The average molecular weight is 526 g/mol. The van der Waals surface area contributed by atoms with E-state index in [1.807, 2.05) is 107 Å². The summed E-state index contributed by atoms with van der Waals surface area (Å²) >= 11 is 0. The number of benzene rings is 4. The molecule has 6 aromatic rings. The summed E-state index contributed by atoms with van der Waals surface area (Å²) in [6.07, 6.45) is 3.76. The predicted octanol–water partition coefficient (Wildman–Crippen LogP) is 7.21. The summed E-state index contributed by atoms with van der Waals surface area (Å²) in [6, 6.07) is 33.9. The van der Waals surface area contributed by atoms with Crippen molar-refractivity contribution in [2.24, 2.45) is 7.05 Å². The van der Waals surface area contributed by atoms with Gasteiger partial charge in [-0.2, -0.15) is 10.4 Å². The van der Waals surface area contributed by atoms with Gasteiger partial charge in [-0.25, -0.2) is 14.1 Å². The number of fused-ring (bicyclic) bond motifs is 1. The number of ether oxygens (including phenoxy) is 1. The molecule has 0 aliphatic rings. The number of allylic oxidation sites excluding steroid dienone is 1. The van der Waals surface area contributed by atoms with E-state index >= 15 is 0 Å². The van der Waals surface area contributed by atoms with Crippen molar-refractivity contribution in [3.05, 3.63) is 132 Å². The Morgan fingerprint density at radius 2 is 1.65 bits per heavy atom. The molecule has 0 saturated carbocycles. The lowest BCUT2D eigenvalue weighted by atomic mass is 10.1.